The number of ether oxygens (including phenoxy) is 2. The van der Waals surface area contributed by atoms with Gasteiger partial charge in [-0.05, 0) is 16.7 Å². The van der Waals surface area contributed by atoms with Crippen LogP contribution in [0.2, 0.25) is 0 Å². The molecule has 26 heavy (non-hydrogen) atoms. The maximum atomic E-state index is 12.3. The van der Waals surface area contributed by atoms with E-state index in [9.17, 15) is 9.59 Å². The normalized spacial score (nSPS) is 18.3. The fourth-order valence-electron chi connectivity index (χ4n) is 3.02. The molecule has 5 nitrogen and oxygen atoms in total. The summed E-state index contributed by atoms with van der Waals surface area (Å²) in [5.74, 6) is -0.489. The average molecular weight is 353 g/mol. The minimum absolute atomic E-state index is 0.192. The third kappa shape index (κ3) is 4.23. The molecule has 0 heterocycles. The summed E-state index contributed by atoms with van der Waals surface area (Å²) in [4.78, 5) is 24.3. The number of benzene rings is 2. The van der Waals surface area contributed by atoms with Crippen molar-refractivity contribution in [1.82, 2.24) is 5.32 Å². The fraction of sp³-hybridized carbons (Fsp3) is 0.333. The summed E-state index contributed by atoms with van der Waals surface area (Å²) in [5, 5.41) is 2.86. The van der Waals surface area contributed by atoms with Crippen molar-refractivity contribution in [3.63, 3.8) is 0 Å². The summed E-state index contributed by atoms with van der Waals surface area (Å²) < 4.78 is 10.9. The standard InChI is InChI=1S/C21H23NO4/c1-14(2)20(23)26-18-12-16-10-6-7-11-17(16)19(18)22-21(24)25-13-15-8-4-3-5-9-15/h3-11,14,18-19H,12-13H2,1-2H3,(H,22,24)/t18-,19+/m1/s1. The SMILES string of the molecule is CC(C)C(=O)O[C@@H]1Cc2ccccc2[C@@H]1NC(=O)OCc1ccccc1. The second-order valence-electron chi connectivity index (χ2n) is 6.72. The van der Waals surface area contributed by atoms with Gasteiger partial charge in [-0.1, -0.05) is 68.4 Å². The zero-order chi connectivity index (χ0) is 18.5. The molecule has 3 rings (SSSR count). The number of esters is 1. The largest absolute Gasteiger partial charge is 0.459 e. The first kappa shape index (κ1) is 18.0. The molecule has 136 valence electrons. The molecule has 0 saturated heterocycles. The van der Waals surface area contributed by atoms with Crippen molar-refractivity contribution < 1.29 is 19.1 Å². The molecule has 0 radical (unpaired) electrons. The Balaban J connectivity index is 1.67. The van der Waals surface area contributed by atoms with Crippen LogP contribution in [0.1, 0.15) is 36.6 Å². The number of rotatable bonds is 5. The van der Waals surface area contributed by atoms with Gasteiger partial charge in [0.2, 0.25) is 0 Å². The van der Waals surface area contributed by atoms with E-state index in [0.29, 0.717) is 6.42 Å². The van der Waals surface area contributed by atoms with E-state index in [1.807, 2.05) is 54.6 Å². The van der Waals surface area contributed by atoms with Crippen molar-refractivity contribution in [2.24, 2.45) is 5.92 Å². The Morgan fingerprint density at radius 3 is 2.50 bits per heavy atom. The van der Waals surface area contributed by atoms with Gasteiger partial charge >= 0.3 is 12.1 Å². The van der Waals surface area contributed by atoms with Gasteiger partial charge < -0.3 is 14.8 Å². The Kier molecular flexibility index (Phi) is 5.56. The average Bonchev–Trinajstić information content (AvgIpc) is 2.98. The molecule has 0 aliphatic heterocycles. The molecule has 1 aliphatic rings. The summed E-state index contributed by atoms with van der Waals surface area (Å²) in [7, 11) is 0. The highest BCUT2D eigenvalue weighted by molar-refractivity contribution is 5.72. The highest BCUT2D eigenvalue weighted by Gasteiger charge is 2.36. The molecule has 1 amide bonds. The molecule has 0 fully saturated rings. The number of carbonyl (C=O) groups excluding carboxylic acids is 2. The van der Waals surface area contributed by atoms with E-state index in [2.05, 4.69) is 5.32 Å². The van der Waals surface area contributed by atoms with E-state index < -0.39 is 18.2 Å². The molecule has 0 aromatic heterocycles. The van der Waals surface area contributed by atoms with Crippen LogP contribution >= 0.6 is 0 Å². The Morgan fingerprint density at radius 1 is 1.08 bits per heavy atom. The summed E-state index contributed by atoms with van der Waals surface area (Å²) in [6.07, 6.45) is -0.370. The topological polar surface area (TPSA) is 64.6 Å². The first-order chi connectivity index (χ1) is 12.5. The van der Waals surface area contributed by atoms with Crippen LogP contribution in [0.25, 0.3) is 0 Å². The van der Waals surface area contributed by atoms with Crippen molar-refractivity contribution in [3.8, 4) is 0 Å². The van der Waals surface area contributed by atoms with Crippen LogP contribution in [0.15, 0.2) is 54.6 Å². The second-order valence-corrected chi connectivity index (χ2v) is 6.72. The highest BCUT2D eigenvalue weighted by atomic mass is 16.6. The van der Waals surface area contributed by atoms with Crippen LogP contribution < -0.4 is 5.32 Å². The zero-order valence-corrected chi connectivity index (χ0v) is 15.0. The van der Waals surface area contributed by atoms with Crippen molar-refractivity contribution >= 4 is 12.1 Å². The van der Waals surface area contributed by atoms with Crippen LogP contribution in [0.4, 0.5) is 4.79 Å². The van der Waals surface area contributed by atoms with E-state index in [0.717, 1.165) is 16.7 Å². The van der Waals surface area contributed by atoms with Gasteiger partial charge in [0.1, 0.15) is 12.7 Å². The van der Waals surface area contributed by atoms with Gasteiger partial charge in [0, 0.05) is 6.42 Å². The Hall–Kier alpha value is -2.82. The summed E-state index contributed by atoms with van der Waals surface area (Å²) in [5.41, 5.74) is 2.95. The quantitative estimate of drug-likeness (QED) is 0.831. The smallest absolute Gasteiger partial charge is 0.408 e. The lowest BCUT2D eigenvalue weighted by Crippen LogP contribution is -2.37. The maximum absolute atomic E-state index is 12.3. The molecule has 0 spiro atoms. The molecule has 0 bridgehead atoms. The maximum Gasteiger partial charge on any atom is 0.408 e. The van der Waals surface area contributed by atoms with Gasteiger partial charge in [0.05, 0.1) is 12.0 Å². The predicted molar refractivity (Wildman–Crippen MR) is 97.4 cm³/mol. The molecule has 0 unspecified atom stereocenters. The van der Waals surface area contributed by atoms with Crippen LogP contribution in [0.3, 0.4) is 0 Å². The summed E-state index contributed by atoms with van der Waals surface area (Å²) >= 11 is 0. The predicted octanol–water partition coefficient (Wildman–Crippen LogP) is 3.78. The van der Waals surface area contributed by atoms with Crippen LogP contribution in [0.5, 0.6) is 0 Å². The summed E-state index contributed by atoms with van der Waals surface area (Å²) in [6.45, 7) is 3.78. The number of carbonyl (C=O) groups is 2. The minimum Gasteiger partial charge on any atom is -0.459 e. The van der Waals surface area contributed by atoms with E-state index in [1.54, 1.807) is 13.8 Å². The molecule has 1 aliphatic carbocycles. The molecule has 1 N–H and O–H groups in total. The van der Waals surface area contributed by atoms with Gasteiger partial charge in [-0.3, -0.25) is 4.79 Å². The number of alkyl carbamates (subject to hydrolysis) is 1. The molecular formula is C21H23NO4. The Morgan fingerprint density at radius 2 is 1.77 bits per heavy atom. The monoisotopic (exact) mass is 353 g/mol. The van der Waals surface area contributed by atoms with Gasteiger partial charge in [0.15, 0.2) is 0 Å². The molecule has 5 heteroatoms. The first-order valence-electron chi connectivity index (χ1n) is 8.80. The number of fused-ring (bicyclic) bond motifs is 1. The Labute approximate surface area is 153 Å². The van der Waals surface area contributed by atoms with Crippen molar-refractivity contribution in [3.05, 3.63) is 71.3 Å². The van der Waals surface area contributed by atoms with Gasteiger partial charge in [-0.25, -0.2) is 4.79 Å². The van der Waals surface area contributed by atoms with Crippen LogP contribution in [-0.4, -0.2) is 18.2 Å². The van der Waals surface area contributed by atoms with Crippen molar-refractivity contribution in [2.45, 2.75) is 39.0 Å². The number of nitrogens with one attached hydrogen (secondary N) is 1. The van der Waals surface area contributed by atoms with E-state index in [1.165, 1.54) is 0 Å². The second kappa shape index (κ2) is 8.04. The lowest BCUT2D eigenvalue weighted by atomic mass is 10.1. The van der Waals surface area contributed by atoms with E-state index >= 15 is 0 Å². The van der Waals surface area contributed by atoms with Gasteiger partial charge in [-0.15, -0.1) is 0 Å². The number of hydrogen-bond acceptors (Lipinski definition) is 4. The number of hydrogen-bond donors (Lipinski definition) is 1. The van der Waals surface area contributed by atoms with Crippen molar-refractivity contribution in [2.75, 3.05) is 0 Å². The van der Waals surface area contributed by atoms with Crippen LogP contribution in [-0.2, 0) is 27.3 Å². The summed E-state index contributed by atoms with van der Waals surface area (Å²) in [6, 6.07) is 16.9. The van der Waals surface area contributed by atoms with Crippen LogP contribution in [0, 0.1) is 5.92 Å². The minimum atomic E-state index is -0.527. The van der Waals surface area contributed by atoms with E-state index in [4.69, 9.17) is 9.47 Å². The lowest BCUT2D eigenvalue weighted by Gasteiger charge is -2.22. The van der Waals surface area contributed by atoms with Gasteiger partial charge in [0.25, 0.3) is 0 Å². The molecule has 2 atom stereocenters. The first-order valence-corrected chi connectivity index (χ1v) is 8.80. The van der Waals surface area contributed by atoms with Crippen molar-refractivity contribution in [1.29, 1.82) is 0 Å². The fourth-order valence-corrected chi connectivity index (χ4v) is 3.02. The highest BCUT2D eigenvalue weighted by Crippen LogP contribution is 2.33. The zero-order valence-electron chi connectivity index (χ0n) is 15.0. The third-order valence-electron chi connectivity index (χ3n) is 4.41. The molecule has 2 aromatic rings. The molecule has 0 saturated carbocycles. The lowest BCUT2D eigenvalue weighted by molar-refractivity contribution is -0.153. The molecular weight excluding hydrogens is 330 g/mol. The van der Waals surface area contributed by atoms with E-state index in [-0.39, 0.29) is 18.5 Å². The van der Waals surface area contributed by atoms with Gasteiger partial charge in [-0.2, -0.15) is 0 Å². The number of amides is 1. The third-order valence-corrected chi connectivity index (χ3v) is 4.41. The molecule has 2 aromatic carbocycles. The Bertz CT molecular complexity index is 773.